The number of hydrogen-bond acceptors (Lipinski definition) is 1. The summed E-state index contributed by atoms with van der Waals surface area (Å²) in [5.74, 6) is 1.29. The third-order valence-electron chi connectivity index (χ3n) is 3.89. The fourth-order valence-corrected chi connectivity index (χ4v) is 3.51. The normalized spacial score (nSPS) is 41.9. The van der Waals surface area contributed by atoms with E-state index in [0.717, 1.165) is 13.1 Å². The maximum absolute atomic E-state index is 12.3. The van der Waals surface area contributed by atoms with Gasteiger partial charge in [0.15, 0.2) is 0 Å². The lowest BCUT2D eigenvalue weighted by atomic mass is 9.91. The van der Waals surface area contributed by atoms with Gasteiger partial charge in [-0.15, -0.1) is 23.2 Å². The van der Waals surface area contributed by atoms with Gasteiger partial charge < -0.3 is 4.90 Å². The van der Waals surface area contributed by atoms with Crippen LogP contribution < -0.4 is 0 Å². The molecule has 3 atom stereocenters. The lowest BCUT2D eigenvalue weighted by Gasteiger charge is -2.36. The number of carbonyl (C=O) groups excluding carboxylic acids is 1. The van der Waals surface area contributed by atoms with Gasteiger partial charge in [0.25, 0.3) is 0 Å². The number of hydrogen-bond donors (Lipinski definition) is 0. The molecule has 0 N–H and O–H groups in total. The summed E-state index contributed by atoms with van der Waals surface area (Å²) in [5.41, 5.74) is -0.549. The molecule has 2 nitrogen and oxygen atoms in total. The molecular weight excluding hydrogens is 245 g/mol. The Labute approximate surface area is 107 Å². The van der Waals surface area contributed by atoms with Crippen LogP contribution in [0, 0.1) is 17.3 Å². The average Bonchev–Trinajstić information content (AvgIpc) is 2.64. The molecule has 0 aromatic rings. The fraction of sp³-hybridized carbons (Fsp3) is 0.917. The number of alkyl halides is 2. The topological polar surface area (TPSA) is 20.3 Å². The zero-order valence-electron chi connectivity index (χ0n) is 10.1. The number of halogens is 2. The highest BCUT2D eigenvalue weighted by Crippen LogP contribution is 2.64. The first-order valence-corrected chi connectivity index (χ1v) is 6.69. The van der Waals surface area contributed by atoms with Crippen molar-refractivity contribution < 1.29 is 4.79 Å². The molecule has 92 valence electrons. The van der Waals surface area contributed by atoms with Crippen molar-refractivity contribution >= 4 is 29.1 Å². The largest absolute Gasteiger partial charge is 0.342 e. The lowest BCUT2D eigenvalue weighted by Crippen LogP contribution is -2.46. The van der Waals surface area contributed by atoms with Crippen LogP contribution in [0.4, 0.5) is 0 Å². The van der Waals surface area contributed by atoms with E-state index in [1.54, 1.807) is 0 Å². The molecule has 2 fully saturated rings. The molecule has 1 aliphatic carbocycles. The van der Waals surface area contributed by atoms with E-state index < -0.39 is 9.75 Å². The Kier molecular flexibility index (Phi) is 2.95. The van der Waals surface area contributed by atoms with Crippen molar-refractivity contribution in [2.75, 3.05) is 13.1 Å². The molecule has 1 saturated heterocycles. The summed E-state index contributed by atoms with van der Waals surface area (Å²) in [4.78, 5) is 14.3. The van der Waals surface area contributed by atoms with Crippen molar-refractivity contribution in [1.29, 1.82) is 0 Å². The first kappa shape index (κ1) is 12.5. The molecule has 2 rings (SSSR count). The molecule has 0 radical (unpaired) electrons. The molecule has 3 unspecified atom stereocenters. The van der Waals surface area contributed by atoms with E-state index in [4.69, 9.17) is 23.2 Å². The van der Waals surface area contributed by atoms with Gasteiger partial charge in [0.2, 0.25) is 5.91 Å². The van der Waals surface area contributed by atoms with E-state index in [2.05, 4.69) is 13.8 Å². The third kappa shape index (κ3) is 1.95. The molecule has 1 heterocycles. The van der Waals surface area contributed by atoms with Gasteiger partial charge in [-0.2, -0.15) is 0 Å². The summed E-state index contributed by atoms with van der Waals surface area (Å²) in [7, 11) is 0. The minimum Gasteiger partial charge on any atom is -0.342 e. The van der Waals surface area contributed by atoms with Crippen LogP contribution in [-0.2, 0) is 4.79 Å². The number of rotatable bonds is 1. The highest BCUT2D eigenvalue weighted by molar-refractivity contribution is 6.53. The van der Waals surface area contributed by atoms with Crippen molar-refractivity contribution in [2.24, 2.45) is 17.3 Å². The predicted octanol–water partition coefficient (Wildman–Crippen LogP) is 3.07. The Morgan fingerprint density at radius 3 is 2.06 bits per heavy atom. The average molecular weight is 264 g/mol. The number of nitrogens with zero attached hydrogens (tertiary/aromatic N) is 1. The minimum atomic E-state index is -0.839. The zero-order valence-corrected chi connectivity index (χ0v) is 11.6. The Morgan fingerprint density at radius 1 is 1.25 bits per heavy atom. The number of amides is 1. The lowest BCUT2D eigenvalue weighted by molar-refractivity contribution is -0.139. The van der Waals surface area contributed by atoms with Crippen molar-refractivity contribution in [3.05, 3.63) is 0 Å². The Balaban J connectivity index is 2.06. The number of piperidine rings is 1. The molecule has 0 aromatic heterocycles. The number of likely N-dealkylation sites (tertiary alicyclic amines) is 1. The van der Waals surface area contributed by atoms with Gasteiger partial charge >= 0.3 is 0 Å². The van der Waals surface area contributed by atoms with Crippen LogP contribution in [0.5, 0.6) is 0 Å². The first-order chi connectivity index (χ1) is 7.26. The van der Waals surface area contributed by atoms with E-state index in [-0.39, 0.29) is 5.91 Å². The van der Waals surface area contributed by atoms with Crippen LogP contribution in [0.2, 0.25) is 0 Å². The molecule has 0 spiro atoms. The van der Waals surface area contributed by atoms with Crippen molar-refractivity contribution in [1.82, 2.24) is 4.90 Å². The van der Waals surface area contributed by atoms with Gasteiger partial charge in [-0.3, -0.25) is 4.79 Å². The smallest absolute Gasteiger partial charge is 0.231 e. The van der Waals surface area contributed by atoms with E-state index in [9.17, 15) is 4.79 Å². The highest BCUT2D eigenvalue weighted by Gasteiger charge is 2.68. The summed E-state index contributed by atoms with van der Waals surface area (Å²) in [6.07, 6.45) is 1.79. The minimum absolute atomic E-state index is 0.135. The maximum atomic E-state index is 12.3. The molecule has 1 amide bonds. The Morgan fingerprint density at radius 2 is 1.69 bits per heavy atom. The summed E-state index contributed by atoms with van der Waals surface area (Å²) in [6, 6.07) is 0. The zero-order chi connectivity index (χ0) is 12.1. The second-order valence-corrected chi connectivity index (χ2v) is 7.35. The first-order valence-electron chi connectivity index (χ1n) is 5.93. The van der Waals surface area contributed by atoms with Gasteiger partial charge in [0, 0.05) is 13.1 Å². The molecule has 0 bridgehead atoms. The number of carbonyl (C=O) groups is 1. The van der Waals surface area contributed by atoms with Crippen LogP contribution in [0.3, 0.4) is 0 Å². The maximum Gasteiger partial charge on any atom is 0.231 e. The quantitative estimate of drug-likeness (QED) is 0.666. The van der Waals surface area contributed by atoms with Gasteiger partial charge in [-0.1, -0.05) is 13.8 Å². The molecule has 0 aromatic carbocycles. The van der Waals surface area contributed by atoms with Crippen LogP contribution in [0.25, 0.3) is 0 Å². The van der Waals surface area contributed by atoms with Crippen LogP contribution in [0.1, 0.15) is 33.6 Å². The third-order valence-corrected chi connectivity index (χ3v) is 4.99. The summed E-state index contributed by atoms with van der Waals surface area (Å²) in [5, 5.41) is 0. The highest BCUT2D eigenvalue weighted by atomic mass is 35.5. The van der Waals surface area contributed by atoms with Crippen molar-refractivity contribution in [3.8, 4) is 0 Å². The van der Waals surface area contributed by atoms with Crippen LogP contribution >= 0.6 is 23.2 Å². The fourth-order valence-electron chi connectivity index (χ4n) is 2.81. The summed E-state index contributed by atoms with van der Waals surface area (Å²) >= 11 is 12.1. The van der Waals surface area contributed by atoms with Gasteiger partial charge in [-0.25, -0.2) is 0 Å². The molecule has 4 heteroatoms. The second kappa shape index (κ2) is 3.78. The second-order valence-electron chi connectivity index (χ2n) is 5.87. The van der Waals surface area contributed by atoms with Crippen molar-refractivity contribution in [3.63, 3.8) is 0 Å². The monoisotopic (exact) mass is 263 g/mol. The summed E-state index contributed by atoms with van der Waals surface area (Å²) in [6.45, 7) is 7.96. The standard InChI is InChI=1S/C12H19Cl2NO/c1-8-4-9(2)6-15(5-8)10(16)11(3)7-12(11,13)14/h8-9H,4-7H2,1-3H3. The molecule has 2 aliphatic rings. The molecule has 1 saturated carbocycles. The van der Waals surface area contributed by atoms with Crippen molar-refractivity contribution in [2.45, 2.75) is 37.9 Å². The van der Waals surface area contributed by atoms with Gasteiger partial charge in [0.1, 0.15) is 4.33 Å². The van der Waals surface area contributed by atoms with Gasteiger partial charge in [0.05, 0.1) is 5.41 Å². The Hall–Kier alpha value is 0.0500. The Bertz CT molecular complexity index is 308. The predicted molar refractivity (Wildman–Crippen MR) is 66.7 cm³/mol. The van der Waals surface area contributed by atoms with Crippen LogP contribution in [-0.4, -0.2) is 28.2 Å². The molecule has 16 heavy (non-hydrogen) atoms. The van der Waals surface area contributed by atoms with Gasteiger partial charge in [-0.05, 0) is 31.6 Å². The van der Waals surface area contributed by atoms with E-state index in [1.807, 2.05) is 11.8 Å². The van der Waals surface area contributed by atoms with Crippen LogP contribution in [0.15, 0.2) is 0 Å². The van der Waals surface area contributed by atoms with E-state index in [0.29, 0.717) is 18.3 Å². The SMILES string of the molecule is CC1CC(C)CN(C(=O)C2(C)CC2(Cl)Cl)C1. The summed E-state index contributed by atoms with van der Waals surface area (Å²) < 4.78 is -0.839. The van der Waals surface area contributed by atoms with E-state index >= 15 is 0 Å². The van der Waals surface area contributed by atoms with E-state index in [1.165, 1.54) is 6.42 Å². The molecular formula is C12H19Cl2NO. The molecule has 1 aliphatic heterocycles.